The van der Waals surface area contributed by atoms with Crippen molar-refractivity contribution in [1.82, 2.24) is 4.57 Å². The van der Waals surface area contributed by atoms with Crippen LogP contribution in [-0.4, -0.2) is 22.9 Å². The van der Waals surface area contributed by atoms with Crippen LogP contribution in [0, 0.1) is 0 Å². The van der Waals surface area contributed by atoms with Crippen LogP contribution in [-0.2, 0) is 17.7 Å². The first-order chi connectivity index (χ1) is 11.5. The van der Waals surface area contributed by atoms with Gasteiger partial charge in [-0.25, -0.2) is 4.79 Å². The van der Waals surface area contributed by atoms with Gasteiger partial charge in [-0.2, -0.15) is 0 Å². The number of aryl methyl sites for hydroxylation is 1. The highest BCUT2D eigenvalue weighted by Crippen LogP contribution is 2.17. The van der Waals surface area contributed by atoms with Crippen LogP contribution in [0.15, 0.2) is 41.2 Å². The number of nitrogens with zero attached hydrogens (tertiary/aromatic N) is 1. The van der Waals surface area contributed by atoms with Gasteiger partial charge in [0.15, 0.2) is 5.78 Å². The number of benzene rings is 1. The van der Waals surface area contributed by atoms with Gasteiger partial charge in [0.1, 0.15) is 5.56 Å². The molecule has 0 amide bonds. The van der Waals surface area contributed by atoms with Crippen molar-refractivity contribution < 1.29 is 14.3 Å². The zero-order valence-corrected chi connectivity index (χ0v) is 14.3. The molecule has 6 heteroatoms. The highest BCUT2D eigenvalue weighted by atomic mass is 35.5. The number of ketones is 1. The molecule has 0 radical (unpaired) electrons. The quantitative estimate of drug-likeness (QED) is 0.595. The fourth-order valence-corrected chi connectivity index (χ4v) is 2.66. The van der Waals surface area contributed by atoms with Crippen LogP contribution in [0.25, 0.3) is 0 Å². The molecule has 126 valence electrons. The summed E-state index contributed by atoms with van der Waals surface area (Å²) in [4.78, 5) is 37.1. The number of aromatic nitrogens is 1. The maximum Gasteiger partial charge on any atom is 0.345 e. The Kier molecular flexibility index (Phi) is 5.93. The van der Waals surface area contributed by atoms with Crippen LogP contribution in [0.2, 0.25) is 5.02 Å². The predicted molar refractivity (Wildman–Crippen MR) is 91.8 cm³/mol. The minimum Gasteiger partial charge on any atom is -0.462 e. The van der Waals surface area contributed by atoms with Crippen molar-refractivity contribution in [3.8, 4) is 0 Å². The number of Topliss-reactive ketones (excluding diaryl/α,β-unsaturated/α-hetero) is 1. The van der Waals surface area contributed by atoms with Gasteiger partial charge in [-0.3, -0.25) is 9.59 Å². The van der Waals surface area contributed by atoms with Crippen molar-refractivity contribution in [2.24, 2.45) is 0 Å². The topological polar surface area (TPSA) is 65.4 Å². The Morgan fingerprint density at radius 2 is 1.83 bits per heavy atom. The van der Waals surface area contributed by atoms with E-state index in [9.17, 15) is 14.4 Å². The maximum absolute atomic E-state index is 12.7. The summed E-state index contributed by atoms with van der Waals surface area (Å²) < 4.78 is 6.17. The van der Waals surface area contributed by atoms with Crippen molar-refractivity contribution in [1.29, 1.82) is 0 Å². The number of hydrogen-bond acceptors (Lipinski definition) is 4. The fourth-order valence-electron chi connectivity index (χ4n) is 2.38. The molecule has 0 unspecified atom stereocenters. The minimum absolute atomic E-state index is 0.0405. The zero-order chi connectivity index (χ0) is 17.7. The van der Waals surface area contributed by atoms with E-state index >= 15 is 0 Å². The van der Waals surface area contributed by atoms with Gasteiger partial charge in [-0.15, -0.1) is 0 Å². The van der Waals surface area contributed by atoms with Gasteiger partial charge >= 0.3 is 5.97 Å². The summed E-state index contributed by atoms with van der Waals surface area (Å²) in [6.45, 7) is 3.46. The summed E-state index contributed by atoms with van der Waals surface area (Å²) in [5.74, 6) is -0.999. The molecular weight excluding hydrogens is 330 g/mol. The summed E-state index contributed by atoms with van der Waals surface area (Å²) in [7, 11) is 0. The minimum atomic E-state index is -0.781. The van der Waals surface area contributed by atoms with Gasteiger partial charge in [0.25, 0.3) is 5.56 Å². The molecular formula is C18H18ClNO4. The average Bonchev–Trinajstić information content (AvgIpc) is 2.58. The second kappa shape index (κ2) is 7.93. The van der Waals surface area contributed by atoms with E-state index < -0.39 is 11.5 Å². The van der Waals surface area contributed by atoms with Gasteiger partial charge in [0.05, 0.1) is 18.2 Å². The Balaban J connectivity index is 2.48. The van der Waals surface area contributed by atoms with Gasteiger partial charge < -0.3 is 9.30 Å². The first-order valence-corrected chi connectivity index (χ1v) is 8.04. The molecule has 1 aromatic carbocycles. The van der Waals surface area contributed by atoms with Crippen LogP contribution >= 0.6 is 11.6 Å². The van der Waals surface area contributed by atoms with Gasteiger partial charge in [0, 0.05) is 11.3 Å². The van der Waals surface area contributed by atoms with Crippen molar-refractivity contribution >= 4 is 23.4 Å². The highest BCUT2D eigenvalue weighted by molar-refractivity contribution is 6.33. The number of ether oxygens (including phenoxy) is 1. The average molecular weight is 348 g/mol. The van der Waals surface area contributed by atoms with E-state index in [2.05, 4.69) is 0 Å². The molecule has 5 nitrogen and oxygen atoms in total. The van der Waals surface area contributed by atoms with Crippen LogP contribution in [0.3, 0.4) is 0 Å². The zero-order valence-electron chi connectivity index (χ0n) is 13.5. The predicted octanol–water partition coefficient (Wildman–Crippen LogP) is 3.12. The van der Waals surface area contributed by atoms with Crippen LogP contribution in [0.4, 0.5) is 0 Å². The second-order valence-electron chi connectivity index (χ2n) is 5.11. The van der Waals surface area contributed by atoms with Crippen LogP contribution in [0.5, 0.6) is 0 Å². The summed E-state index contributed by atoms with van der Waals surface area (Å²) in [6, 6.07) is 10.2. The molecule has 24 heavy (non-hydrogen) atoms. The summed E-state index contributed by atoms with van der Waals surface area (Å²) >= 11 is 6.07. The molecule has 0 saturated heterocycles. The molecule has 0 fully saturated rings. The van der Waals surface area contributed by atoms with Crippen LogP contribution < -0.4 is 5.56 Å². The monoisotopic (exact) mass is 347 g/mol. The van der Waals surface area contributed by atoms with E-state index in [1.54, 1.807) is 31.2 Å². The highest BCUT2D eigenvalue weighted by Gasteiger charge is 2.21. The lowest BCUT2D eigenvalue weighted by Crippen LogP contribution is -2.32. The van der Waals surface area contributed by atoms with E-state index in [-0.39, 0.29) is 29.5 Å². The van der Waals surface area contributed by atoms with Gasteiger partial charge in [-0.1, -0.05) is 48.9 Å². The fraction of sp³-hybridized carbons (Fsp3) is 0.278. The van der Waals surface area contributed by atoms with Gasteiger partial charge in [0.2, 0.25) is 0 Å². The molecule has 0 atom stereocenters. The molecule has 0 aliphatic heterocycles. The molecule has 2 rings (SSSR count). The van der Waals surface area contributed by atoms with E-state index in [0.717, 1.165) is 0 Å². The molecule has 0 saturated carbocycles. The Hall–Kier alpha value is -2.40. The van der Waals surface area contributed by atoms with Crippen LogP contribution in [0.1, 0.15) is 40.3 Å². The van der Waals surface area contributed by atoms with Crippen molar-refractivity contribution in [2.45, 2.75) is 26.8 Å². The number of carbonyl (C=O) groups is 2. The van der Waals surface area contributed by atoms with E-state index in [4.69, 9.17) is 16.3 Å². The third-order valence-electron chi connectivity index (χ3n) is 3.58. The van der Waals surface area contributed by atoms with Crippen molar-refractivity contribution in [2.75, 3.05) is 6.61 Å². The summed E-state index contributed by atoms with van der Waals surface area (Å²) in [5, 5.41) is 0.0405. The number of esters is 1. The normalized spacial score (nSPS) is 10.5. The summed E-state index contributed by atoms with van der Waals surface area (Å²) in [5.41, 5.74) is 0.236. The molecule has 0 N–H and O–H groups in total. The molecule has 1 heterocycles. The smallest absolute Gasteiger partial charge is 0.345 e. The van der Waals surface area contributed by atoms with Crippen molar-refractivity contribution in [3.63, 3.8) is 0 Å². The first-order valence-electron chi connectivity index (χ1n) is 7.67. The standard InChI is InChI=1S/C18H18ClNO4/c1-3-13-10-14(19)16(18(23)24-4-2)17(22)20(13)11-15(21)12-8-6-5-7-9-12/h5-10H,3-4,11H2,1-2H3. The lowest BCUT2D eigenvalue weighted by Gasteiger charge is -2.14. The Bertz CT molecular complexity index is 812. The molecule has 1 aromatic heterocycles. The van der Waals surface area contributed by atoms with E-state index in [1.165, 1.54) is 10.6 Å². The number of halogens is 1. The lowest BCUT2D eigenvalue weighted by atomic mass is 10.1. The molecule has 0 bridgehead atoms. The maximum atomic E-state index is 12.7. The first kappa shape index (κ1) is 17.9. The second-order valence-corrected chi connectivity index (χ2v) is 5.52. The van der Waals surface area contributed by atoms with E-state index in [1.807, 2.05) is 13.0 Å². The number of hydrogen-bond donors (Lipinski definition) is 0. The largest absolute Gasteiger partial charge is 0.462 e. The Morgan fingerprint density at radius 1 is 1.17 bits per heavy atom. The molecule has 0 spiro atoms. The summed E-state index contributed by atoms with van der Waals surface area (Å²) in [6.07, 6.45) is 0.500. The third-order valence-corrected chi connectivity index (χ3v) is 3.88. The number of carbonyl (C=O) groups excluding carboxylic acids is 2. The van der Waals surface area contributed by atoms with E-state index in [0.29, 0.717) is 17.7 Å². The number of pyridine rings is 1. The number of rotatable bonds is 6. The Labute approximate surface area is 144 Å². The molecule has 0 aliphatic carbocycles. The SMILES string of the molecule is CCOC(=O)c1c(Cl)cc(CC)n(CC(=O)c2ccccc2)c1=O. The van der Waals surface area contributed by atoms with Crippen molar-refractivity contribution in [3.05, 3.63) is 68.6 Å². The van der Waals surface area contributed by atoms with Gasteiger partial charge in [-0.05, 0) is 19.4 Å². The lowest BCUT2D eigenvalue weighted by molar-refractivity contribution is 0.0523. The third kappa shape index (κ3) is 3.74. The molecule has 2 aromatic rings. The Morgan fingerprint density at radius 3 is 2.42 bits per heavy atom. The molecule has 0 aliphatic rings.